The molecule has 0 bridgehead atoms. The van der Waals surface area contributed by atoms with Crippen molar-refractivity contribution in [3.63, 3.8) is 0 Å². The van der Waals surface area contributed by atoms with Crippen LogP contribution in [0.5, 0.6) is 0 Å². The zero-order valence-electron chi connectivity index (χ0n) is 5.80. The highest BCUT2D eigenvalue weighted by Gasteiger charge is 2.56. The lowest BCUT2D eigenvalue weighted by molar-refractivity contribution is -0.124. The van der Waals surface area contributed by atoms with Gasteiger partial charge in [0.15, 0.2) is 5.78 Å². The van der Waals surface area contributed by atoms with E-state index in [1.54, 1.807) is 0 Å². The Balaban J connectivity index is 2.63. The van der Waals surface area contributed by atoms with E-state index in [0.717, 1.165) is 0 Å². The van der Waals surface area contributed by atoms with E-state index in [4.69, 9.17) is 0 Å². The molecule has 0 aromatic carbocycles. The van der Waals surface area contributed by atoms with Crippen molar-refractivity contribution < 1.29 is 14.6 Å². The highest BCUT2D eigenvalue weighted by Crippen LogP contribution is 2.37. The van der Waals surface area contributed by atoms with Crippen LogP contribution in [-0.2, 0) is 14.6 Å². The topological polar surface area (TPSA) is 42.1 Å². The Morgan fingerprint density at radius 3 is 1.89 bits per heavy atom. The van der Waals surface area contributed by atoms with Crippen LogP contribution in [0.1, 0.15) is 20.8 Å². The summed E-state index contributed by atoms with van der Waals surface area (Å²) in [4.78, 5) is 19.9. The number of carbonyl (C=O) groups is 1. The van der Waals surface area contributed by atoms with Crippen LogP contribution in [0.2, 0.25) is 0 Å². The minimum atomic E-state index is -0.889. The van der Waals surface area contributed by atoms with Crippen LogP contribution in [0.3, 0.4) is 0 Å². The third-order valence-electron chi connectivity index (χ3n) is 1.51. The smallest absolute Gasteiger partial charge is 0.293 e. The van der Waals surface area contributed by atoms with Crippen LogP contribution in [0.15, 0.2) is 0 Å². The SMILES string of the molecule is CC(=O)C1(C(C)C)OO1. The molecule has 0 aliphatic carbocycles. The summed E-state index contributed by atoms with van der Waals surface area (Å²) in [5.74, 6) is -0.840. The Hall–Kier alpha value is -0.410. The summed E-state index contributed by atoms with van der Waals surface area (Å²) in [6, 6.07) is 0. The first-order valence-electron chi connectivity index (χ1n) is 2.97. The summed E-state index contributed by atoms with van der Waals surface area (Å²) in [7, 11) is 0. The van der Waals surface area contributed by atoms with Gasteiger partial charge in [-0.25, -0.2) is 0 Å². The minimum Gasteiger partial charge on any atom is -0.294 e. The number of ketones is 1. The van der Waals surface area contributed by atoms with Crippen LogP contribution in [0.25, 0.3) is 0 Å². The molecule has 0 atom stereocenters. The van der Waals surface area contributed by atoms with Gasteiger partial charge < -0.3 is 0 Å². The molecular weight excluding hydrogens is 120 g/mol. The molecule has 3 heteroatoms. The number of carbonyl (C=O) groups excluding carboxylic acids is 1. The van der Waals surface area contributed by atoms with Gasteiger partial charge in [0.05, 0.1) is 0 Å². The van der Waals surface area contributed by atoms with Gasteiger partial charge in [-0.3, -0.25) is 4.79 Å². The minimum absolute atomic E-state index is 0.0579. The summed E-state index contributed by atoms with van der Waals surface area (Å²) in [5.41, 5.74) is 0. The Kier molecular flexibility index (Phi) is 1.33. The zero-order chi connectivity index (χ0) is 7.07. The van der Waals surface area contributed by atoms with Crippen molar-refractivity contribution in [3.8, 4) is 0 Å². The molecular formula is C6H10O3. The first kappa shape index (κ1) is 6.71. The summed E-state index contributed by atoms with van der Waals surface area (Å²) in [6.45, 7) is 5.23. The van der Waals surface area contributed by atoms with Crippen LogP contribution in [0.4, 0.5) is 0 Å². The molecule has 52 valence electrons. The monoisotopic (exact) mass is 130 g/mol. The van der Waals surface area contributed by atoms with Gasteiger partial charge in [0, 0.05) is 12.8 Å². The summed E-state index contributed by atoms with van der Waals surface area (Å²) >= 11 is 0. The highest BCUT2D eigenvalue weighted by atomic mass is 17.4. The number of rotatable bonds is 2. The molecule has 0 aromatic heterocycles. The Bertz CT molecular complexity index is 135. The van der Waals surface area contributed by atoms with Gasteiger partial charge in [0.2, 0.25) is 0 Å². The molecule has 0 N–H and O–H groups in total. The number of Topliss-reactive ketones (excluding diaryl/α,β-unsaturated/α-hetero) is 1. The maximum atomic E-state index is 10.7. The van der Waals surface area contributed by atoms with Crippen LogP contribution in [-0.4, -0.2) is 11.6 Å². The van der Waals surface area contributed by atoms with Crippen molar-refractivity contribution in [2.75, 3.05) is 0 Å². The van der Waals surface area contributed by atoms with Crippen molar-refractivity contribution in [3.05, 3.63) is 0 Å². The quantitative estimate of drug-likeness (QED) is 0.411. The van der Waals surface area contributed by atoms with Gasteiger partial charge >= 0.3 is 0 Å². The van der Waals surface area contributed by atoms with E-state index >= 15 is 0 Å². The first-order valence-corrected chi connectivity index (χ1v) is 2.97. The fourth-order valence-corrected chi connectivity index (χ4v) is 0.761. The average Bonchev–Trinajstić information content (AvgIpc) is 2.40. The first-order chi connectivity index (χ1) is 4.09. The number of hydrogen-bond donors (Lipinski definition) is 0. The zero-order valence-corrected chi connectivity index (χ0v) is 5.80. The molecule has 0 spiro atoms. The standard InChI is InChI=1S/C6H10O3/c1-4(2)6(5(3)7)8-9-6/h4H,1-3H3. The largest absolute Gasteiger partial charge is 0.294 e. The van der Waals surface area contributed by atoms with E-state index in [0.29, 0.717) is 0 Å². The van der Waals surface area contributed by atoms with E-state index in [-0.39, 0.29) is 11.7 Å². The lowest BCUT2D eigenvalue weighted by Crippen LogP contribution is -2.27. The molecule has 1 saturated heterocycles. The van der Waals surface area contributed by atoms with Gasteiger partial charge in [0.1, 0.15) is 0 Å². The normalized spacial score (nSPS) is 22.2. The number of hydrogen-bond acceptors (Lipinski definition) is 3. The van der Waals surface area contributed by atoms with E-state index in [2.05, 4.69) is 9.78 Å². The highest BCUT2D eigenvalue weighted by molar-refractivity contribution is 5.84. The maximum Gasteiger partial charge on any atom is 0.293 e. The lowest BCUT2D eigenvalue weighted by Gasteiger charge is -2.04. The van der Waals surface area contributed by atoms with Gasteiger partial charge in [-0.2, -0.15) is 9.78 Å². The molecule has 1 fully saturated rings. The summed E-state index contributed by atoms with van der Waals surface area (Å²) in [6.07, 6.45) is 0. The molecule has 0 amide bonds. The van der Waals surface area contributed by atoms with Crippen molar-refractivity contribution >= 4 is 5.78 Å². The molecule has 0 saturated carbocycles. The summed E-state index contributed by atoms with van der Waals surface area (Å²) < 4.78 is 0. The van der Waals surface area contributed by atoms with Crippen molar-refractivity contribution in [1.82, 2.24) is 0 Å². The van der Waals surface area contributed by atoms with Crippen LogP contribution >= 0.6 is 0 Å². The molecule has 9 heavy (non-hydrogen) atoms. The maximum absolute atomic E-state index is 10.7. The summed E-state index contributed by atoms with van der Waals surface area (Å²) in [5, 5.41) is 0. The second-order valence-electron chi connectivity index (χ2n) is 2.55. The van der Waals surface area contributed by atoms with E-state index in [1.807, 2.05) is 13.8 Å². The molecule has 1 rings (SSSR count). The van der Waals surface area contributed by atoms with Crippen LogP contribution in [0, 0.1) is 5.92 Å². The molecule has 1 aliphatic heterocycles. The van der Waals surface area contributed by atoms with Crippen molar-refractivity contribution in [2.45, 2.75) is 26.6 Å². The van der Waals surface area contributed by atoms with Gasteiger partial charge in [-0.15, -0.1) is 0 Å². The fourth-order valence-electron chi connectivity index (χ4n) is 0.761. The van der Waals surface area contributed by atoms with Gasteiger partial charge in [-0.05, 0) is 0 Å². The van der Waals surface area contributed by atoms with E-state index in [9.17, 15) is 4.79 Å². The third kappa shape index (κ3) is 0.862. The third-order valence-corrected chi connectivity index (χ3v) is 1.51. The molecule has 0 unspecified atom stereocenters. The Morgan fingerprint density at radius 1 is 1.44 bits per heavy atom. The predicted octanol–water partition coefficient (Wildman–Crippen LogP) is 0.889. The predicted molar refractivity (Wildman–Crippen MR) is 30.4 cm³/mol. The van der Waals surface area contributed by atoms with E-state index in [1.165, 1.54) is 6.92 Å². The molecule has 0 radical (unpaired) electrons. The molecule has 0 aromatic rings. The Labute approximate surface area is 53.9 Å². The molecule has 1 heterocycles. The lowest BCUT2D eigenvalue weighted by atomic mass is 10.0. The Morgan fingerprint density at radius 2 is 1.89 bits per heavy atom. The van der Waals surface area contributed by atoms with Gasteiger partial charge in [-0.1, -0.05) is 13.8 Å². The molecule has 3 nitrogen and oxygen atoms in total. The van der Waals surface area contributed by atoms with Gasteiger partial charge in [0.25, 0.3) is 5.79 Å². The van der Waals surface area contributed by atoms with Crippen LogP contribution < -0.4 is 0 Å². The van der Waals surface area contributed by atoms with Crippen molar-refractivity contribution in [2.24, 2.45) is 5.92 Å². The fraction of sp³-hybridized carbons (Fsp3) is 0.833. The molecule has 1 aliphatic rings. The second kappa shape index (κ2) is 1.78. The second-order valence-corrected chi connectivity index (χ2v) is 2.55. The van der Waals surface area contributed by atoms with E-state index < -0.39 is 5.79 Å². The average molecular weight is 130 g/mol. The van der Waals surface area contributed by atoms with Crippen molar-refractivity contribution in [1.29, 1.82) is 0 Å².